The highest BCUT2D eigenvalue weighted by atomic mass is 32.2. The number of hydrogen-bond donors (Lipinski definition) is 1. The normalized spacial score (nSPS) is 18.4. The van der Waals surface area contributed by atoms with E-state index in [1.165, 1.54) is 0 Å². The van der Waals surface area contributed by atoms with Crippen molar-refractivity contribution in [3.63, 3.8) is 0 Å². The molecule has 1 aromatic carbocycles. The lowest BCUT2D eigenvalue weighted by Crippen LogP contribution is -2.29. The summed E-state index contributed by atoms with van der Waals surface area (Å²) in [5, 5.41) is 4.42. The molecule has 1 saturated heterocycles. The maximum absolute atomic E-state index is 12.8. The lowest BCUT2D eigenvalue weighted by molar-refractivity contribution is 0.0523. The van der Waals surface area contributed by atoms with Crippen molar-refractivity contribution in [1.29, 1.82) is 0 Å². The molecule has 0 unspecified atom stereocenters. The van der Waals surface area contributed by atoms with E-state index in [1.54, 1.807) is 18.5 Å². The Morgan fingerprint density at radius 3 is 2.72 bits per heavy atom. The first kappa shape index (κ1) is 18.1. The zero-order chi connectivity index (χ0) is 17.9. The number of para-hydroxylation sites is 1. The van der Waals surface area contributed by atoms with Crippen molar-refractivity contribution in [2.24, 2.45) is 5.92 Å². The number of nitrogens with one attached hydrogen (secondary N) is 1. The number of sulfonamides is 1. The molecular weight excluding hydrogens is 338 g/mol. The van der Waals surface area contributed by atoms with Crippen LogP contribution in [-0.2, 0) is 14.8 Å². The number of hydrogen-bond acceptors (Lipinski definition) is 4. The Morgan fingerprint density at radius 2 is 2.04 bits per heavy atom. The van der Waals surface area contributed by atoms with Crippen molar-refractivity contribution in [3.05, 3.63) is 41.7 Å². The van der Waals surface area contributed by atoms with Gasteiger partial charge in [-0.25, -0.2) is 17.8 Å². The van der Waals surface area contributed by atoms with Crippen LogP contribution in [0, 0.1) is 19.8 Å². The Bertz CT molecular complexity index is 810. The molecule has 2 heterocycles. The van der Waals surface area contributed by atoms with Gasteiger partial charge in [0.15, 0.2) is 0 Å². The fourth-order valence-electron chi connectivity index (χ4n) is 3.34. The Balaban J connectivity index is 1.74. The van der Waals surface area contributed by atoms with Gasteiger partial charge in [-0.1, -0.05) is 18.2 Å². The van der Waals surface area contributed by atoms with Gasteiger partial charge in [0.2, 0.25) is 10.0 Å². The van der Waals surface area contributed by atoms with Crippen molar-refractivity contribution in [3.8, 4) is 5.69 Å². The molecule has 25 heavy (non-hydrogen) atoms. The number of ether oxygens (including phenoxy) is 1. The fourth-order valence-corrected chi connectivity index (χ4v) is 4.78. The first-order chi connectivity index (χ1) is 12.0. The minimum Gasteiger partial charge on any atom is -0.381 e. The number of aromatic nitrogens is 2. The second-order valence-electron chi connectivity index (χ2n) is 6.52. The minimum absolute atomic E-state index is 0.274. The van der Waals surface area contributed by atoms with Crippen molar-refractivity contribution < 1.29 is 13.2 Å². The third-order valence-corrected chi connectivity index (χ3v) is 6.31. The van der Waals surface area contributed by atoms with Crippen LogP contribution in [0.2, 0.25) is 0 Å². The van der Waals surface area contributed by atoms with Gasteiger partial charge in [-0.3, -0.25) is 0 Å². The molecule has 3 rings (SSSR count). The highest BCUT2D eigenvalue weighted by Crippen LogP contribution is 2.23. The van der Waals surface area contributed by atoms with Gasteiger partial charge in [-0.15, -0.1) is 0 Å². The molecule has 0 aliphatic carbocycles. The predicted octanol–water partition coefficient (Wildman–Crippen LogP) is 2.58. The fraction of sp³-hybridized carbons (Fsp3) is 0.500. The Labute approximate surface area is 149 Å². The van der Waals surface area contributed by atoms with E-state index in [0.29, 0.717) is 23.9 Å². The van der Waals surface area contributed by atoms with Gasteiger partial charge in [0.1, 0.15) is 4.90 Å². The maximum atomic E-state index is 12.8. The second kappa shape index (κ2) is 7.68. The maximum Gasteiger partial charge on any atom is 0.244 e. The largest absolute Gasteiger partial charge is 0.381 e. The molecule has 1 N–H and O–H groups in total. The summed E-state index contributed by atoms with van der Waals surface area (Å²) in [5.74, 6) is 0.436. The monoisotopic (exact) mass is 363 g/mol. The van der Waals surface area contributed by atoms with Crippen molar-refractivity contribution in [2.75, 3.05) is 19.8 Å². The van der Waals surface area contributed by atoms with E-state index in [-0.39, 0.29) is 4.90 Å². The number of aryl methyl sites for hydroxylation is 1. The molecule has 1 aromatic heterocycles. The number of rotatable bonds is 6. The van der Waals surface area contributed by atoms with Crippen molar-refractivity contribution >= 4 is 10.0 Å². The van der Waals surface area contributed by atoms with Crippen molar-refractivity contribution in [2.45, 2.75) is 38.0 Å². The van der Waals surface area contributed by atoms with Gasteiger partial charge < -0.3 is 4.74 Å². The molecule has 136 valence electrons. The molecule has 0 bridgehead atoms. The highest BCUT2D eigenvalue weighted by Gasteiger charge is 2.25. The Morgan fingerprint density at radius 1 is 1.28 bits per heavy atom. The summed E-state index contributed by atoms with van der Waals surface area (Å²) < 4.78 is 35.4. The average molecular weight is 363 g/mol. The van der Waals surface area contributed by atoms with Gasteiger partial charge in [0, 0.05) is 19.8 Å². The topological polar surface area (TPSA) is 73.2 Å². The third-order valence-electron chi connectivity index (χ3n) is 4.59. The molecule has 1 aliphatic heterocycles. The molecule has 0 radical (unpaired) electrons. The smallest absolute Gasteiger partial charge is 0.244 e. The predicted molar refractivity (Wildman–Crippen MR) is 96.4 cm³/mol. The summed E-state index contributed by atoms with van der Waals surface area (Å²) >= 11 is 0. The van der Waals surface area contributed by atoms with Crippen LogP contribution in [0.4, 0.5) is 0 Å². The summed E-state index contributed by atoms with van der Waals surface area (Å²) in [4.78, 5) is 0.274. The zero-order valence-electron chi connectivity index (χ0n) is 14.7. The highest BCUT2D eigenvalue weighted by molar-refractivity contribution is 7.89. The van der Waals surface area contributed by atoms with E-state index in [1.807, 2.05) is 30.3 Å². The quantitative estimate of drug-likeness (QED) is 0.856. The Hall–Kier alpha value is -1.70. The molecule has 0 saturated carbocycles. The molecule has 7 heteroatoms. The summed E-state index contributed by atoms with van der Waals surface area (Å²) in [5.41, 5.74) is 1.98. The minimum atomic E-state index is -3.58. The first-order valence-electron chi connectivity index (χ1n) is 8.68. The van der Waals surface area contributed by atoms with E-state index >= 15 is 0 Å². The van der Waals surface area contributed by atoms with E-state index in [9.17, 15) is 8.42 Å². The number of benzene rings is 1. The van der Waals surface area contributed by atoms with Crippen LogP contribution in [0.5, 0.6) is 0 Å². The molecular formula is C18H25N3O3S. The van der Waals surface area contributed by atoms with E-state index in [2.05, 4.69) is 9.82 Å². The molecule has 1 atom stereocenters. The van der Waals surface area contributed by atoms with Crippen LogP contribution in [0.15, 0.2) is 35.2 Å². The van der Waals surface area contributed by atoms with Gasteiger partial charge in [0.05, 0.1) is 17.1 Å². The molecule has 1 aliphatic rings. The zero-order valence-corrected chi connectivity index (χ0v) is 15.6. The summed E-state index contributed by atoms with van der Waals surface area (Å²) in [6.45, 7) is 5.49. The van der Waals surface area contributed by atoms with Gasteiger partial charge in [-0.2, -0.15) is 5.10 Å². The lowest BCUT2D eigenvalue weighted by Gasteiger charge is -2.21. The van der Waals surface area contributed by atoms with Crippen LogP contribution < -0.4 is 4.72 Å². The van der Waals surface area contributed by atoms with E-state index in [4.69, 9.17) is 4.74 Å². The average Bonchev–Trinajstić information content (AvgIpc) is 2.91. The van der Waals surface area contributed by atoms with Gasteiger partial charge in [0.25, 0.3) is 0 Å². The molecule has 2 aromatic rings. The van der Waals surface area contributed by atoms with Crippen LogP contribution in [0.3, 0.4) is 0 Å². The van der Waals surface area contributed by atoms with Crippen molar-refractivity contribution in [1.82, 2.24) is 14.5 Å². The summed E-state index contributed by atoms with van der Waals surface area (Å²) in [6.07, 6.45) is 2.95. The summed E-state index contributed by atoms with van der Waals surface area (Å²) in [6, 6.07) is 9.55. The van der Waals surface area contributed by atoms with Crippen LogP contribution in [0.1, 0.15) is 30.7 Å². The van der Waals surface area contributed by atoms with E-state index in [0.717, 1.165) is 38.2 Å². The Kier molecular flexibility index (Phi) is 5.56. The van der Waals surface area contributed by atoms with Crippen LogP contribution in [-0.4, -0.2) is 38.0 Å². The SMILES string of the molecule is Cc1nn(-c2ccccc2)c(C)c1S(=O)(=O)NCC[C@@H]1CCCOC1. The number of nitrogens with zero attached hydrogens (tertiary/aromatic N) is 2. The molecule has 1 fully saturated rings. The third kappa shape index (κ3) is 4.11. The summed E-state index contributed by atoms with van der Waals surface area (Å²) in [7, 11) is -3.58. The molecule has 0 amide bonds. The first-order valence-corrected chi connectivity index (χ1v) is 10.2. The standard InChI is InChI=1S/C18H25N3O3S/c1-14-18(15(2)21(20-14)17-8-4-3-5-9-17)25(22,23)19-11-10-16-7-6-12-24-13-16/h3-5,8-9,16,19H,6-7,10-13H2,1-2H3/t16-/m0/s1. The van der Waals surface area contributed by atoms with E-state index < -0.39 is 10.0 Å². The lowest BCUT2D eigenvalue weighted by atomic mass is 9.99. The molecule has 6 nitrogen and oxygen atoms in total. The second-order valence-corrected chi connectivity index (χ2v) is 8.22. The van der Waals surface area contributed by atoms with Crippen LogP contribution >= 0.6 is 0 Å². The van der Waals surface area contributed by atoms with Gasteiger partial charge >= 0.3 is 0 Å². The van der Waals surface area contributed by atoms with Gasteiger partial charge in [-0.05, 0) is 51.2 Å². The van der Waals surface area contributed by atoms with Crippen LogP contribution in [0.25, 0.3) is 5.69 Å². The molecule has 0 spiro atoms.